The summed E-state index contributed by atoms with van der Waals surface area (Å²) in [5.74, 6) is 0. The molecule has 0 aliphatic carbocycles. The van der Waals surface area contributed by atoms with Crippen LogP contribution < -0.4 is 0 Å². The van der Waals surface area contributed by atoms with Crippen molar-refractivity contribution in [1.29, 1.82) is 5.26 Å². The van der Waals surface area contributed by atoms with Crippen molar-refractivity contribution in [3.63, 3.8) is 0 Å². The monoisotopic (exact) mass is 166 g/mol. The molecule has 1 atom stereocenters. The molecule has 0 fully saturated rings. The molecule has 0 aromatic carbocycles. The average molecular weight is 166 g/mol. The van der Waals surface area contributed by atoms with Crippen molar-refractivity contribution in [1.82, 2.24) is 4.90 Å². The third kappa shape index (κ3) is 1.72. The summed E-state index contributed by atoms with van der Waals surface area (Å²) in [5, 5.41) is 10.6. The number of nitrogens with zero attached hydrogens (tertiary/aromatic N) is 2. The molecule has 0 amide bonds. The van der Waals surface area contributed by atoms with E-state index in [-0.39, 0.29) is 6.04 Å². The number of nitriles is 1. The maximum absolute atomic E-state index is 8.58. The summed E-state index contributed by atoms with van der Waals surface area (Å²) >= 11 is 1.68. The summed E-state index contributed by atoms with van der Waals surface area (Å²) in [6, 6.07) is 4.25. The predicted molar refractivity (Wildman–Crippen MR) is 46.1 cm³/mol. The topological polar surface area (TPSA) is 27.0 Å². The molecule has 0 aliphatic rings. The van der Waals surface area contributed by atoms with Crippen LogP contribution in [0.5, 0.6) is 0 Å². The molecule has 58 valence electrons. The molecule has 1 rings (SSSR count). The third-order valence-corrected chi connectivity index (χ3v) is 2.74. The highest BCUT2D eigenvalue weighted by Crippen LogP contribution is 2.22. The quantitative estimate of drug-likeness (QED) is 0.497. The lowest BCUT2D eigenvalue weighted by Crippen LogP contribution is -2.14. The summed E-state index contributed by atoms with van der Waals surface area (Å²) in [5.41, 5.74) is 0. The highest BCUT2D eigenvalue weighted by Gasteiger charge is 2.09. The van der Waals surface area contributed by atoms with E-state index in [1.54, 1.807) is 23.3 Å². The number of hydrogen-bond donors (Lipinski definition) is 0. The van der Waals surface area contributed by atoms with E-state index in [2.05, 4.69) is 6.19 Å². The van der Waals surface area contributed by atoms with E-state index in [1.807, 2.05) is 24.4 Å². The summed E-state index contributed by atoms with van der Waals surface area (Å²) in [6.07, 6.45) is 2.09. The Morgan fingerprint density at radius 3 is 2.91 bits per heavy atom. The SMILES string of the molecule is CC(c1cccs1)N(C)C#N. The van der Waals surface area contributed by atoms with Gasteiger partial charge < -0.3 is 4.90 Å². The fourth-order valence-corrected chi connectivity index (χ4v) is 1.63. The van der Waals surface area contributed by atoms with Gasteiger partial charge in [-0.05, 0) is 18.4 Å². The minimum Gasteiger partial charge on any atom is -0.306 e. The fraction of sp³-hybridized carbons (Fsp3) is 0.375. The van der Waals surface area contributed by atoms with E-state index in [1.165, 1.54) is 4.88 Å². The zero-order valence-electron chi connectivity index (χ0n) is 6.61. The molecule has 1 heterocycles. The Hall–Kier alpha value is -1.01. The van der Waals surface area contributed by atoms with Crippen LogP contribution in [0.1, 0.15) is 17.8 Å². The van der Waals surface area contributed by atoms with Gasteiger partial charge in [0.05, 0.1) is 6.04 Å². The van der Waals surface area contributed by atoms with Crippen LogP contribution in [-0.2, 0) is 0 Å². The summed E-state index contributed by atoms with van der Waals surface area (Å²) in [6.45, 7) is 2.02. The molecule has 0 radical (unpaired) electrons. The van der Waals surface area contributed by atoms with E-state index >= 15 is 0 Å². The van der Waals surface area contributed by atoms with Crippen molar-refractivity contribution < 1.29 is 0 Å². The molecule has 11 heavy (non-hydrogen) atoms. The van der Waals surface area contributed by atoms with Crippen LogP contribution in [0.25, 0.3) is 0 Å². The van der Waals surface area contributed by atoms with Gasteiger partial charge in [0.2, 0.25) is 0 Å². The molecule has 0 bridgehead atoms. The second-order valence-electron chi connectivity index (χ2n) is 2.40. The second-order valence-corrected chi connectivity index (χ2v) is 3.38. The van der Waals surface area contributed by atoms with Gasteiger partial charge in [-0.2, -0.15) is 5.26 Å². The van der Waals surface area contributed by atoms with Crippen molar-refractivity contribution in [3.05, 3.63) is 22.4 Å². The van der Waals surface area contributed by atoms with Crippen LogP contribution in [0.2, 0.25) is 0 Å². The Bertz CT molecular complexity index is 248. The number of thiophene rings is 1. The first-order valence-corrected chi connectivity index (χ1v) is 4.29. The standard InChI is InChI=1S/C8H10N2S/c1-7(10(2)6-9)8-4-3-5-11-8/h3-5,7H,1-2H3. The maximum atomic E-state index is 8.58. The van der Waals surface area contributed by atoms with Crippen LogP contribution >= 0.6 is 11.3 Å². The van der Waals surface area contributed by atoms with E-state index in [9.17, 15) is 0 Å². The molecule has 1 aromatic rings. The van der Waals surface area contributed by atoms with Gasteiger partial charge in [0, 0.05) is 11.9 Å². The molecule has 0 saturated heterocycles. The molecule has 0 saturated carbocycles. The normalized spacial score (nSPS) is 12.1. The Morgan fingerprint density at radius 1 is 1.73 bits per heavy atom. The Morgan fingerprint density at radius 2 is 2.45 bits per heavy atom. The lowest BCUT2D eigenvalue weighted by atomic mass is 10.2. The zero-order chi connectivity index (χ0) is 8.27. The molecular weight excluding hydrogens is 156 g/mol. The maximum Gasteiger partial charge on any atom is 0.179 e. The summed E-state index contributed by atoms with van der Waals surface area (Å²) in [4.78, 5) is 2.88. The first-order valence-electron chi connectivity index (χ1n) is 3.41. The fourth-order valence-electron chi connectivity index (χ4n) is 0.806. The molecule has 0 aliphatic heterocycles. The van der Waals surface area contributed by atoms with Gasteiger partial charge in [-0.15, -0.1) is 11.3 Å². The molecular formula is C8H10N2S. The van der Waals surface area contributed by atoms with Crippen molar-refractivity contribution in [2.45, 2.75) is 13.0 Å². The number of rotatable bonds is 2. The van der Waals surface area contributed by atoms with Crippen LogP contribution in [0.15, 0.2) is 17.5 Å². The highest BCUT2D eigenvalue weighted by atomic mass is 32.1. The van der Waals surface area contributed by atoms with Crippen LogP contribution in [-0.4, -0.2) is 11.9 Å². The predicted octanol–water partition coefficient (Wildman–Crippen LogP) is 2.22. The molecule has 2 nitrogen and oxygen atoms in total. The Labute approximate surface area is 70.7 Å². The van der Waals surface area contributed by atoms with Gasteiger partial charge >= 0.3 is 0 Å². The zero-order valence-corrected chi connectivity index (χ0v) is 7.43. The van der Waals surface area contributed by atoms with E-state index < -0.39 is 0 Å². The molecule has 0 spiro atoms. The van der Waals surface area contributed by atoms with Gasteiger partial charge in [0.15, 0.2) is 6.19 Å². The first kappa shape index (κ1) is 8.09. The van der Waals surface area contributed by atoms with Crippen molar-refractivity contribution in [2.24, 2.45) is 0 Å². The van der Waals surface area contributed by atoms with Crippen molar-refractivity contribution in [2.75, 3.05) is 7.05 Å². The lowest BCUT2D eigenvalue weighted by molar-refractivity contribution is 0.382. The largest absolute Gasteiger partial charge is 0.306 e. The highest BCUT2D eigenvalue weighted by molar-refractivity contribution is 7.10. The van der Waals surface area contributed by atoms with E-state index in [4.69, 9.17) is 5.26 Å². The lowest BCUT2D eigenvalue weighted by Gasteiger charge is -2.16. The molecule has 0 N–H and O–H groups in total. The van der Waals surface area contributed by atoms with E-state index in [0.29, 0.717) is 0 Å². The first-order chi connectivity index (χ1) is 5.25. The van der Waals surface area contributed by atoms with Gasteiger partial charge in [-0.25, -0.2) is 0 Å². The van der Waals surface area contributed by atoms with E-state index in [0.717, 1.165) is 0 Å². The summed E-state index contributed by atoms with van der Waals surface area (Å²) in [7, 11) is 1.80. The van der Waals surface area contributed by atoms with Gasteiger partial charge in [0.25, 0.3) is 0 Å². The third-order valence-electron chi connectivity index (χ3n) is 1.69. The molecule has 3 heteroatoms. The Balaban J connectivity index is 2.71. The van der Waals surface area contributed by atoms with Crippen molar-refractivity contribution in [3.8, 4) is 6.19 Å². The van der Waals surface area contributed by atoms with Crippen LogP contribution in [0, 0.1) is 11.5 Å². The summed E-state index contributed by atoms with van der Waals surface area (Å²) < 4.78 is 0. The smallest absolute Gasteiger partial charge is 0.179 e. The molecule has 1 aromatic heterocycles. The van der Waals surface area contributed by atoms with Gasteiger partial charge in [-0.1, -0.05) is 6.07 Å². The van der Waals surface area contributed by atoms with Gasteiger partial charge in [0.1, 0.15) is 0 Å². The minimum absolute atomic E-state index is 0.208. The van der Waals surface area contributed by atoms with Gasteiger partial charge in [-0.3, -0.25) is 0 Å². The number of hydrogen-bond acceptors (Lipinski definition) is 3. The minimum atomic E-state index is 0.208. The average Bonchev–Trinajstić information content (AvgIpc) is 2.53. The molecule has 1 unspecified atom stereocenters. The van der Waals surface area contributed by atoms with Crippen LogP contribution in [0.4, 0.5) is 0 Å². The van der Waals surface area contributed by atoms with Crippen LogP contribution in [0.3, 0.4) is 0 Å². The Kier molecular flexibility index (Phi) is 2.50. The van der Waals surface area contributed by atoms with Crippen molar-refractivity contribution >= 4 is 11.3 Å². The second kappa shape index (κ2) is 3.40.